The molecule has 4 nitrogen and oxygen atoms in total. The number of alkyl halides is 2. The van der Waals surface area contributed by atoms with E-state index in [0.29, 0.717) is 5.13 Å². The largest absolute Gasteiger partial charge is 0.291 e. The van der Waals surface area contributed by atoms with E-state index in [1.165, 1.54) is 4.68 Å². The predicted molar refractivity (Wildman–Crippen MR) is 49.7 cm³/mol. The Morgan fingerprint density at radius 2 is 2.21 bits per heavy atom. The van der Waals surface area contributed by atoms with Gasteiger partial charge in [-0.3, -0.25) is 0 Å². The minimum atomic E-state index is -2.58. The van der Waals surface area contributed by atoms with Gasteiger partial charge in [0.15, 0.2) is 5.01 Å². The van der Waals surface area contributed by atoms with E-state index < -0.39 is 6.43 Å². The molecule has 0 saturated heterocycles. The van der Waals surface area contributed by atoms with Crippen molar-refractivity contribution in [3.05, 3.63) is 21.9 Å². The van der Waals surface area contributed by atoms with Crippen LogP contribution in [-0.4, -0.2) is 20.0 Å². The summed E-state index contributed by atoms with van der Waals surface area (Å²) in [5, 5.41) is 10.8. The molecule has 0 aliphatic carbocycles. The monoisotopic (exact) mass is 280 g/mol. The molecule has 8 heteroatoms. The summed E-state index contributed by atoms with van der Waals surface area (Å²) in [4.78, 5) is 0. The van der Waals surface area contributed by atoms with Crippen LogP contribution in [0.3, 0.4) is 0 Å². The fourth-order valence-corrected chi connectivity index (χ4v) is 1.73. The third-order valence-corrected chi connectivity index (χ3v) is 2.69. The highest BCUT2D eigenvalue weighted by atomic mass is 79.9. The maximum absolute atomic E-state index is 12.2. The van der Waals surface area contributed by atoms with Gasteiger partial charge in [0.25, 0.3) is 6.43 Å². The Bertz CT molecular complexity index is 440. The van der Waals surface area contributed by atoms with Gasteiger partial charge in [-0.05, 0) is 15.9 Å². The van der Waals surface area contributed by atoms with Gasteiger partial charge in [-0.15, -0.1) is 10.2 Å². The van der Waals surface area contributed by atoms with Crippen LogP contribution in [0.5, 0.6) is 0 Å². The lowest BCUT2D eigenvalue weighted by atomic mass is 10.7. The van der Waals surface area contributed by atoms with Crippen molar-refractivity contribution in [1.29, 1.82) is 0 Å². The summed E-state index contributed by atoms with van der Waals surface area (Å²) in [6.07, 6.45) is 0.583. The Kier molecular flexibility index (Phi) is 2.55. The van der Waals surface area contributed by atoms with Crippen molar-refractivity contribution in [2.75, 3.05) is 0 Å². The topological polar surface area (TPSA) is 43.6 Å². The molecule has 0 aliphatic heterocycles. The molecule has 0 bridgehead atoms. The summed E-state index contributed by atoms with van der Waals surface area (Å²) >= 11 is 4.00. The van der Waals surface area contributed by atoms with Crippen LogP contribution in [0.25, 0.3) is 5.13 Å². The number of hydrogen-bond acceptors (Lipinski definition) is 4. The number of hydrogen-bond donors (Lipinski definition) is 0. The van der Waals surface area contributed by atoms with Crippen LogP contribution in [0.2, 0.25) is 0 Å². The maximum atomic E-state index is 12.2. The van der Waals surface area contributed by atoms with E-state index >= 15 is 0 Å². The zero-order chi connectivity index (χ0) is 10.1. The smallest absolute Gasteiger partial charge is 0.211 e. The molecule has 2 aromatic rings. The van der Waals surface area contributed by atoms with Crippen LogP contribution >= 0.6 is 27.3 Å². The summed E-state index contributed by atoms with van der Waals surface area (Å²) in [7, 11) is 0. The van der Waals surface area contributed by atoms with E-state index in [2.05, 4.69) is 31.2 Å². The second-order valence-corrected chi connectivity index (χ2v) is 4.23. The highest BCUT2D eigenvalue weighted by molar-refractivity contribution is 9.10. The van der Waals surface area contributed by atoms with E-state index in [0.717, 1.165) is 15.8 Å². The van der Waals surface area contributed by atoms with Crippen LogP contribution in [0.4, 0.5) is 8.78 Å². The molecule has 14 heavy (non-hydrogen) atoms. The Balaban J connectivity index is 2.33. The second kappa shape index (κ2) is 3.70. The molecule has 0 N–H and O–H groups in total. The van der Waals surface area contributed by atoms with E-state index in [9.17, 15) is 8.78 Å². The summed E-state index contributed by atoms with van der Waals surface area (Å²) in [5.74, 6) is 0. The molecule has 74 valence electrons. The first-order valence-electron chi connectivity index (χ1n) is 3.49. The molecule has 2 aromatic heterocycles. The first-order chi connectivity index (χ1) is 6.66. The zero-order valence-corrected chi connectivity index (χ0v) is 8.97. The van der Waals surface area contributed by atoms with Gasteiger partial charge in [0.2, 0.25) is 5.13 Å². The third-order valence-electron chi connectivity index (χ3n) is 1.36. The van der Waals surface area contributed by atoms with E-state index in [1.807, 2.05) is 0 Å². The molecule has 0 unspecified atom stereocenters. The fraction of sp³-hybridized carbons (Fsp3) is 0.167. The van der Waals surface area contributed by atoms with Gasteiger partial charge < -0.3 is 0 Å². The zero-order valence-electron chi connectivity index (χ0n) is 6.56. The van der Waals surface area contributed by atoms with E-state index in [4.69, 9.17) is 0 Å². The Hall–Kier alpha value is -0.890. The van der Waals surface area contributed by atoms with Gasteiger partial charge in [-0.2, -0.15) is 5.10 Å². The first kappa shape index (κ1) is 9.66. The predicted octanol–water partition coefficient (Wildman–Crippen LogP) is 2.42. The molecule has 0 atom stereocenters. The van der Waals surface area contributed by atoms with Crippen molar-refractivity contribution in [2.45, 2.75) is 6.43 Å². The van der Waals surface area contributed by atoms with Gasteiger partial charge in [0.1, 0.15) is 0 Å². The summed E-state index contributed by atoms with van der Waals surface area (Å²) in [5.41, 5.74) is 0. The van der Waals surface area contributed by atoms with Gasteiger partial charge in [-0.25, -0.2) is 13.5 Å². The lowest BCUT2D eigenvalue weighted by Crippen LogP contribution is -1.92. The van der Waals surface area contributed by atoms with Gasteiger partial charge in [0.05, 0.1) is 10.7 Å². The molecule has 0 radical (unpaired) electrons. The molecular weight excluding hydrogens is 278 g/mol. The Morgan fingerprint density at radius 1 is 1.43 bits per heavy atom. The van der Waals surface area contributed by atoms with E-state index in [1.54, 1.807) is 12.4 Å². The van der Waals surface area contributed by atoms with Crippen molar-refractivity contribution < 1.29 is 8.78 Å². The van der Waals surface area contributed by atoms with Crippen molar-refractivity contribution in [3.8, 4) is 5.13 Å². The average Bonchev–Trinajstić information content (AvgIpc) is 2.70. The summed E-state index contributed by atoms with van der Waals surface area (Å²) in [6, 6.07) is 0. The highest BCUT2D eigenvalue weighted by Gasteiger charge is 2.15. The average molecular weight is 281 g/mol. The SMILES string of the molecule is FC(F)c1nnc(-n2cc(Br)cn2)s1. The lowest BCUT2D eigenvalue weighted by Gasteiger charge is -1.90. The standard InChI is InChI=1S/C6H3BrF2N4S/c7-3-1-10-13(2-3)6-12-11-5(14-6)4(8)9/h1-2,4H. The van der Waals surface area contributed by atoms with Gasteiger partial charge in [0, 0.05) is 6.20 Å². The van der Waals surface area contributed by atoms with Crippen molar-refractivity contribution in [3.63, 3.8) is 0 Å². The number of aromatic nitrogens is 4. The first-order valence-corrected chi connectivity index (χ1v) is 5.10. The molecular formula is C6H3BrF2N4S. The molecule has 0 fully saturated rings. The van der Waals surface area contributed by atoms with Crippen LogP contribution in [0.15, 0.2) is 16.9 Å². The summed E-state index contributed by atoms with van der Waals surface area (Å²) in [6.45, 7) is 0. The van der Waals surface area contributed by atoms with Crippen LogP contribution < -0.4 is 0 Å². The minimum absolute atomic E-state index is 0.299. The summed E-state index contributed by atoms with van der Waals surface area (Å²) < 4.78 is 26.5. The Labute approximate surface area is 89.7 Å². The van der Waals surface area contributed by atoms with Gasteiger partial charge >= 0.3 is 0 Å². The molecule has 0 saturated carbocycles. The molecule has 0 spiro atoms. The number of rotatable bonds is 2. The molecule has 2 rings (SSSR count). The minimum Gasteiger partial charge on any atom is -0.211 e. The van der Waals surface area contributed by atoms with Gasteiger partial charge in [-0.1, -0.05) is 11.3 Å². The quantitative estimate of drug-likeness (QED) is 0.849. The third kappa shape index (κ3) is 1.80. The Morgan fingerprint density at radius 3 is 2.71 bits per heavy atom. The number of halogens is 3. The van der Waals surface area contributed by atoms with E-state index in [-0.39, 0.29) is 5.01 Å². The van der Waals surface area contributed by atoms with Crippen LogP contribution in [0.1, 0.15) is 11.4 Å². The maximum Gasteiger partial charge on any atom is 0.291 e. The van der Waals surface area contributed by atoms with Crippen molar-refractivity contribution >= 4 is 27.3 Å². The highest BCUT2D eigenvalue weighted by Crippen LogP contribution is 2.24. The number of nitrogens with zero attached hydrogens (tertiary/aromatic N) is 4. The molecule has 0 aromatic carbocycles. The van der Waals surface area contributed by atoms with Crippen molar-refractivity contribution in [2.24, 2.45) is 0 Å². The lowest BCUT2D eigenvalue weighted by molar-refractivity contribution is 0.150. The molecule has 2 heterocycles. The van der Waals surface area contributed by atoms with Crippen LogP contribution in [-0.2, 0) is 0 Å². The van der Waals surface area contributed by atoms with Crippen molar-refractivity contribution in [1.82, 2.24) is 20.0 Å². The fourth-order valence-electron chi connectivity index (χ4n) is 0.813. The second-order valence-electron chi connectivity index (χ2n) is 2.33. The molecule has 0 amide bonds. The molecule has 0 aliphatic rings. The normalized spacial score (nSPS) is 11.1. The van der Waals surface area contributed by atoms with Crippen LogP contribution in [0, 0.1) is 0 Å².